The van der Waals surface area contributed by atoms with Crippen LogP contribution in [0.15, 0.2) is 54.6 Å². The van der Waals surface area contributed by atoms with Crippen LogP contribution in [0, 0.1) is 12.8 Å². The summed E-state index contributed by atoms with van der Waals surface area (Å²) in [4.78, 5) is 18.4. The van der Waals surface area contributed by atoms with E-state index in [0.29, 0.717) is 0 Å². The zero-order valence-electron chi connectivity index (χ0n) is 14.2. The first-order valence-electron chi connectivity index (χ1n) is 8.48. The Morgan fingerprint density at radius 3 is 2.38 bits per heavy atom. The Labute approximate surface area is 143 Å². The fraction of sp³-hybridized carbons (Fsp3) is 0.350. The quantitative estimate of drug-likeness (QED) is 0.911. The first kappa shape index (κ1) is 16.5. The Morgan fingerprint density at radius 2 is 1.79 bits per heavy atom. The summed E-state index contributed by atoms with van der Waals surface area (Å²) < 4.78 is 0. The van der Waals surface area contributed by atoms with Crippen molar-refractivity contribution in [2.45, 2.75) is 38.8 Å². The lowest BCUT2D eigenvalue weighted by Crippen LogP contribution is -2.34. The highest BCUT2D eigenvalue weighted by Crippen LogP contribution is 2.43. The molecule has 2 aromatic rings. The Morgan fingerprint density at radius 1 is 1.12 bits per heavy atom. The van der Waals surface area contributed by atoms with Gasteiger partial charge < -0.3 is 5.73 Å². The van der Waals surface area contributed by atoms with Crippen LogP contribution in [0.3, 0.4) is 0 Å². The second-order valence-corrected chi connectivity index (χ2v) is 6.38. The number of carbonyl (C=O) groups is 1. The van der Waals surface area contributed by atoms with E-state index in [0.717, 1.165) is 24.1 Å². The summed E-state index contributed by atoms with van der Waals surface area (Å²) in [5.74, 6) is -0.676. The number of aryl methyl sites for hydroxylation is 1. The van der Waals surface area contributed by atoms with Crippen molar-refractivity contribution >= 4 is 11.6 Å². The number of carbonyl (C=O) groups excluding carboxylic acids is 1. The normalized spacial score (nSPS) is 23.4. The van der Waals surface area contributed by atoms with E-state index >= 15 is 0 Å². The van der Waals surface area contributed by atoms with Crippen molar-refractivity contribution in [1.29, 1.82) is 0 Å². The topological polar surface area (TPSA) is 55.6 Å². The summed E-state index contributed by atoms with van der Waals surface area (Å²) >= 11 is 0. The molecular formula is C20H24N2O2. The summed E-state index contributed by atoms with van der Waals surface area (Å²) in [5.41, 5.74) is 8.94. The molecule has 2 N–H and O–H groups in total. The molecule has 1 saturated heterocycles. The maximum Gasteiger partial charge on any atom is 0.225 e. The molecule has 3 rings (SSSR count). The van der Waals surface area contributed by atoms with Gasteiger partial charge >= 0.3 is 0 Å². The smallest absolute Gasteiger partial charge is 0.225 e. The van der Waals surface area contributed by atoms with E-state index in [4.69, 9.17) is 10.6 Å². The zero-order valence-corrected chi connectivity index (χ0v) is 14.2. The number of benzene rings is 2. The van der Waals surface area contributed by atoms with E-state index in [2.05, 4.69) is 38.1 Å². The molecule has 1 fully saturated rings. The molecule has 0 bridgehead atoms. The molecule has 2 aromatic carbocycles. The molecule has 1 aliphatic heterocycles. The van der Waals surface area contributed by atoms with E-state index in [1.807, 2.05) is 35.4 Å². The van der Waals surface area contributed by atoms with Gasteiger partial charge in [0.15, 0.2) is 0 Å². The second-order valence-electron chi connectivity index (χ2n) is 6.38. The highest BCUT2D eigenvalue weighted by Gasteiger charge is 2.47. The summed E-state index contributed by atoms with van der Waals surface area (Å²) in [5, 5.41) is 1.86. The molecule has 1 amide bonds. The molecule has 0 saturated carbocycles. The lowest BCUT2D eigenvalue weighted by Gasteiger charge is -2.26. The van der Waals surface area contributed by atoms with Crippen LogP contribution in [0.25, 0.3) is 0 Å². The molecule has 0 spiro atoms. The molecule has 1 aliphatic rings. The van der Waals surface area contributed by atoms with E-state index in [1.54, 1.807) is 0 Å². The molecule has 24 heavy (non-hydrogen) atoms. The number of hydroxylamine groups is 1. The molecule has 0 aromatic heterocycles. The maximum atomic E-state index is 12.2. The summed E-state index contributed by atoms with van der Waals surface area (Å²) in [6.07, 6.45) is 1.55. The van der Waals surface area contributed by atoms with Crippen molar-refractivity contribution in [3.05, 3.63) is 65.7 Å². The van der Waals surface area contributed by atoms with Crippen LogP contribution >= 0.6 is 0 Å². The van der Waals surface area contributed by atoms with E-state index in [9.17, 15) is 4.79 Å². The second kappa shape index (κ2) is 7.05. The van der Waals surface area contributed by atoms with Crippen molar-refractivity contribution < 1.29 is 9.63 Å². The van der Waals surface area contributed by atoms with Crippen LogP contribution in [0.1, 0.15) is 36.9 Å². The van der Waals surface area contributed by atoms with Crippen LogP contribution in [-0.2, 0) is 9.63 Å². The number of para-hydroxylation sites is 1. The molecule has 4 heteroatoms. The molecule has 0 aliphatic carbocycles. The van der Waals surface area contributed by atoms with Gasteiger partial charge in [-0.1, -0.05) is 61.4 Å². The van der Waals surface area contributed by atoms with Gasteiger partial charge in [0.2, 0.25) is 5.91 Å². The first-order valence-corrected chi connectivity index (χ1v) is 8.48. The zero-order chi connectivity index (χ0) is 17.1. The van der Waals surface area contributed by atoms with Gasteiger partial charge in [-0.25, -0.2) is 5.06 Å². The monoisotopic (exact) mass is 324 g/mol. The third-order valence-electron chi connectivity index (χ3n) is 4.57. The predicted molar refractivity (Wildman–Crippen MR) is 95.3 cm³/mol. The lowest BCUT2D eigenvalue weighted by atomic mass is 9.87. The van der Waals surface area contributed by atoms with Crippen molar-refractivity contribution in [2.24, 2.45) is 11.7 Å². The Kier molecular flexibility index (Phi) is 4.86. The number of anilines is 1. The van der Waals surface area contributed by atoms with Crippen LogP contribution in [0.2, 0.25) is 0 Å². The van der Waals surface area contributed by atoms with Gasteiger partial charge in [-0.2, -0.15) is 0 Å². The van der Waals surface area contributed by atoms with Gasteiger partial charge in [-0.3, -0.25) is 9.63 Å². The van der Waals surface area contributed by atoms with Crippen molar-refractivity contribution in [3.63, 3.8) is 0 Å². The minimum Gasteiger partial charge on any atom is -0.369 e. The number of nitrogens with zero attached hydrogens (tertiary/aromatic N) is 1. The number of hydrogen-bond donors (Lipinski definition) is 1. The maximum absolute atomic E-state index is 12.2. The molecular weight excluding hydrogens is 300 g/mol. The SMILES string of the molecule is CCC[C@@H]1ON(c2ccccc2)[C@@H](c2ccc(C)cc2)[C@H]1C(N)=O. The fourth-order valence-electron chi connectivity index (χ4n) is 3.38. The number of rotatable bonds is 5. The predicted octanol–water partition coefficient (Wildman–Crippen LogP) is 3.76. The van der Waals surface area contributed by atoms with Gasteiger partial charge in [0, 0.05) is 0 Å². The first-order chi connectivity index (χ1) is 11.6. The number of amides is 1. The van der Waals surface area contributed by atoms with Gasteiger partial charge in [0.25, 0.3) is 0 Å². The van der Waals surface area contributed by atoms with Crippen LogP contribution in [0.4, 0.5) is 5.69 Å². The molecule has 126 valence electrons. The number of nitrogens with two attached hydrogens (primary N) is 1. The third kappa shape index (κ3) is 3.15. The Hall–Kier alpha value is -2.33. The van der Waals surface area contributed by atoms with Crippen LogP contribution in [0.5, 0.6) is 0 Å². The van der Waals surface area contributed by atoms with Crippen molar-refractivity contribution in [1.82, 2.24) is 0 Å². The molecule has 0 unspecified atom stereocenters. The number of hydrogen-bond acceptors (Lipinski definition) is 3. The third-order valence-corrected chi connectivity index (χ3v) is 4.57. The lowest BCUT2D eigenvalue weighted by molar-refractivity contribution is -0.123. The van der Waals surface area contributed by atoms with Gasteiger partial charge in [0.1, 0.15) is 0 Å². The minimum absolute atomic E-state index is 0.195. The van der Waals surface area contributed by atoms with Crippen LogP contribution in [-0.4, -0.2) is 12.0 Å². The average molecular weight is 324 g/mol. The summed E-state index contributed by atoms with van der Waals surface area (Å²) in [6.45, 7) is 4.14. The summed E-state index contributed by atoms with van der Waals surface area (Å²) in [7, 11) is 0. The standard InChI is InChI=1S/C20H24N2O2/c1-3-7-17-18(20(21)23)19(15-12-10-14(2)11-13-15)22(24-17)16-8-5-4-6-9-16/h4-6,8-13,17-19H,3,7H2,1-2H3,(H2,21,23)/t17-,18-,19-/m0/s1. The van der Waals surface area contributed by atoms with Gasteiger partial charge in [0.05, 0.1) is 23.8 Å². The van der Waals surface area contributed by atoms with Crippen molar-refractivity contribution in [3.8, 4) is 0 Å². The number of primary amides is 1. The molecule has 1 heterocycles. The van der Waals surface area contributed by atoms with Crippen LogP contribution < -0.4 is 10.8 Å². The van der Waals surface area contributed by atoms with Crippen molar-refractivity contribution in [2.75, 3.05) is 5.06 Å². The Balaban J connectivity index is 2.05. The van der Waals surface area contributed by atoms with E-state index < -0.39 is 0 Å². The van der Waals surface area contributed by atoms with E-state index in [-0.39, 0.29) is 24.0 Å². The highest BCUT2D eigenvalue weighted by molar-refractivity contribution is 5.79. The highest BCUT2D eigenvalue weighted by atomic mass is 16.7. The molecule has 4 nitrogen and oxygen atoms in total. The van der Waals surface area contributed by atoms with E-state index in [1.165, 1.54) is 5.56 Å². The Bertz CT molecular complexity index is 685. The summed E-state index contributed by atoms with van der Waals surface area (Å²) in [6, 6.07) is 17.9. The minimum atomic E-state index is -0.368. The molecule has 0 radical (unpaired) electrons. The largest absolute Gasteiger partial charge is 0.369 e. The molecule has 3 atom stereocenters. The average Bonchev–Trinajstić information content (AvgIpc) is 2.96. The van der Waals surface area contributed by atoms with Gasteiger partial charge in [-0.15, -0.1) is 0 Å². The van der Waals surface area contributed by atoms with Gasteiger partial charge in [-0.05, 0) is 31.0 Å². The fourth-order valence-corrected chi connectivity index (χ4v) is 3.38.